The highest BCUT2D eigenvalue weighted by molar-refractivity contribution is 7.99. The van der Waals surface area contributed by atoms with Gasteiger partial charge in [0, 0.05) is 23.0 Å². The number of rotatable bonds is 3. The molecule has 5 nitrogen and oxygen atoms in total. The Morgan fingerprint density at radius 2 is 2.39 bits per heavy atom. The van der Waals surface area contributed by atoms with Crippen LogP contribution in [-0.4, -0.2) is 26.4 Å². The van der Waals surface area contributed by atoms with Crippen LogP contribution in [0.4, 0.5) is 5.69 Å². The Hall–Kier alpha value is -1.82. The average molecular weight is 260 g/mol. The van der Waals surface area contributed by atoms with Crippen molar-refractivity contribution in [1.82, 2.24) is 14.8 Å². The van der Waals surface area contributed by atoms with Gasteiger partial charge in [0.25, 0.3) is 0 Å². The first kappa shape index (κ1) is 11.3. The third-order valence-corrected chi connectivity index (χ3v) is 3.87. The number of thioether (sulfide) groups is 1. The third kappa shape index (κ3) is 1.88. The highest BCUT2D eigenvalue weighted by Crippen LogP contribution is 2.34. The van der Waals surface area contributed by atoms with Crippen molar-refractivity contribution >= 4 is 23.9 Å². The van der Waals surface area contributed by atoms with Crippen LogP contribution in [0.3, 0.4) is 0 Å². The van der Waals surface area contributed by atoms with E-state index < -0.39 is 0 Å². The molecule has 1 N–H and O–H groups in total. The summed E-state index contributed by atoms with van der Waals surface area (Å²) >= 11 is 1.74. The normalized spacial score (nSPS) is 17.5. The van der Waals surface area contributed by atoms with Crippen LogP contribution in [0.2, 0.25) is 0 Å². The minimum atomic E-state index is 0.533. The van der Waals surface area contributed by atoms with Crippen molar-refractivity contribution in [3.05, 3.63) is 24.3 Å². The van der Waals surface area contributed by atoms with Crippen LogP contribution in [0.5, 0.6) is 0 Å². The highest BCUT2D eigenvalue weighted by atomic mass is 32.2. The maximum Gasteiger partial charge on any atom is 0.211 e. The lowest BCUT2D eigenvalue weighted by atomic mass is 10.2. The quantitative estimate of drug-likeness (QED) is 0.858. The summed E-state index contributed by atoms with van der Waals surface area (Å²) in [5.41, 5.74) is 1.73. The van der Waals surface area contributed by atoms with Gasteiger partial charge in [-0.25, -0.2) is 0 Å². The second kappa shape index (κ2) is 4.45. The number of hydrogen-bond donors (Lipinski definition) is 1. The van der Waals surface area contributed by atoms with E-state index in [0.29, 0.717) is 11.7 Å². The minimum absolute atomic E-state index is 0.533. The van der Waals surface area contributed by atoms with E-state index in [1.165, 1.54) is 0 Å². The summed E-state index contributed by atoms with van der Waals surface area (Å²) in [5, 5.41) is 12.5. The minimum Gasteiger partial charge on any atom is -0.329 e. The number of amides is 1. The molecule has 1 aromatic carbocycles. The zero-order valence-electron chi connectivity index (χ0n) is 9.83. The molecule has 0 bridgehead atoms. The van der Waals surface area contributed by atoms with E-state index in [1.54, 1.807) is 11.8 Å². The molecule has 2 heterocycles. The summed E-state index contributed by atoms with van der Waals surface area (Å²) < 4.78 is 2.12. The third-order valence-electron chi connectivity index (χ3n) is 2.81. The molecule has 1 amide bonds. The van der Waals surface area contributed by atoms with Gasteiger partial charge in [-0.05, 0) is 12.1 Å². The van der Waals surface area contributed by atoms with Crippen LogP contribution < -0.4 is 5.32 Å². The summed E-state index contributed by atoms with van der Waals surface area (Å²) in [6, 6.07) is 7.62. The van der Waals surface area contributed by atoms with Gasteiger partial charge in [0.05, 0.1) is 0 Å². The van der Waals surface area contributed by atoms with Crippen LogP contribution in [0.25, 0.3) is 11.4 Å². The van der Waals surface area contributed by atoms with Crippen LogP contribution in [0, 0.1) is 0 Å². The first-order chi connectivity index (χ1) is 8.78. The predicted molar refractivity (Wildman–Crippen MR) is 70.5 cm³/mol. The van der Waals surface area contributed by atoms with Crippen molar-refractivity contribution in [2.24, 2.45) is 0 Å². The molecular formula is C12H12N4OS. The maximum absolute atomic E-state index is 10.5. The van der Waals surface area contributed by atoms with Crippen LogP contribution >= 0.6 is 11.8 Å². The second-order valence-corrected chi connectivity index (χ2v) is 5.59. The van der Waals surface area contributed by atoms with Crippen molar-refractivity contribution < 1.29 is 4.79 Å². The molecule has 0 spiro atoms. The Morgan fingerprint density at radius 3 is 3.22 bits per heavy atom. The van der Waals surface area contributed by atoms with E-state index in [2.05, 4.69) is 27.0 Å². The molecule has 18 heavy (non-hydrogen) atoms. The molecule has 92 valence electrons. The number of hydrogen-bond acceptors (Lipinski definition) is 4. The molecule has 0 saturated carbocycles. The van der Waals surface area contributed by atoms with Crippen molar-refractivity contribution in [2.75, 3.05) is 5.32 Å². The number of fused-ring (bicyclic) bond motifs is 1. The number of aromatic nitrogens is 3. The van der Waals surface area contributed by atoms with Gasteiger partial charge in [0.1, 0.15) is 0 Å². The Kier molecular flexibility index (Phi) is 2.79. The van der Waals surface area contributed by atoms with Crippen LogP contribution in [0.1, 0.15) is 6.92 Å². The lowest BCUT2D eigenvalue weighted by molar-refractivity contribution is -0.105. The van der Waals surface area contributed by atoms with Gasteiger partial charge >= 0.3 is 0 Å². The molecule has 1 aliphatic rings. The first-order valence-corrected chi connectivity index (χ1v) is 6.56. The van der Waals surface area contributed by atoms with E-state index in [9.17, 15) is 4.79 Å². The van der Waals surface area contributed by atoms with Gasteiger partial charge in [-0.3, -0.25) is 4.79 Å². The molecule has 1 aromatic heterocycles. The maximum atomic E-state index is 10.5. The van der Waals surface area contributed by atoms with E-state index in [1.807, 2.05) is 24.3 Å². The molecule has 1 unspecified atom stereocenters. The van der Waals surface area contributed by atoms with Gasteiger partial charge in [-0.15, -0.1) is 10.2 Å². The molecule has 0 aliphatic carbocycles. The Balaban J connectivity index is 2.00. The molecule has 3 rings (SSSR count). The number of nitrogens with one attached hydrogen (secondary N) is 1. The molecule has 0 radical (unpaired) electrons. The van der Waals surface area contributed by atoms with Gasteiger partial charge in [0.2, 0.25) is 6.41 Å². The predicted octanol–water partition coefficient (Wildman–Crippen LogP) is 2.01. The lowest BCUT2D eigenvalue weighted by Gasteiger charge is -2.05. The fourth-order valence-electron chi connectivity index (χ4n) is 2.04. The van der Waals surface area contributed by atoms with Crippen molar-refractivity contribution in [3.8, 4) is 11.4 Å². The molecule has 0 saturated heterocycles. The fraction of sp³-hybridized carbons (Fsp3) is 0.250. The Labute approximate surface area is 109 Å². The standard InChI is InChI=1S/C12H12N4OS/c1-8-6-16-11(14-15-12(16)18-8)9-3-2-4-10(5-9)13-7-17/h2-5,7-8H,6H2,1H3,(H,13,17). The fourth-order valence-corrected chi connectivity index (χ4v) is 3.00. The van der Waals surface area contributed by atoms with Crippen molar-refractivity contribution in [3.63, 3.8) is 0 Å². The Morgan fingerprint density at radius 1 is 1.50 bits per heavy atom. The van der Waals surface area contributed by atoms with Gasteiger partial charge in [-0.2, -0.15) is 0 Å². The molecular weight excluding hydrogens is 248 g/mol. The molecule has 1 atom stereocenters. The van der Waals surface area contributed by atoms with E-state index in [-0.39, 0.29) is 0 Å². The number of carbonyl (C=O) groups excluding carboxylic acids is 1. The van der Waals surface area contributed by atoms with Crippen LogP contribution in [-0.2, 0) is 11.3 Å². The van der Waals surface area contributed by atoms with Gasteiger partial charge in [-0.1, -0.05) is 30.8 Å². The smallest absolute Gasteiger partial charge is 0.211 e. The summed E-state index contributed by atoms with van der Waals surface area (Å²) in [6.45, 7) is 3.10. The largest absolute Gasteiger partial charge is 0.329 e. The number of nitrogens with zero attached hydrogens (tertiary/aromatic N) is 3. The van der Waals surface area contributed by atoms with Crippen molar-refractivity contribution in [2.45, 2.75) is 23.9 Å². The zero-order chi connectivity index (χ0) is 12.5. The molecule has 6 heteroatoms. The highest BCUT2D eigenvalue weighted by Gasteiger charge is 2.24. The van der Waals surface area contributed by atoms with Gasteiger partial charge < -0.3 is 9.88 Å². The Bertz CT molecular complexity index is 596. The summed E-state index contributed by atoms with van der Waals surface area (Å²) in [4.78, 5) is 10.5. The van der Waals surface area contributed by atoms with E-state index in [4.69, 9.17) is 0 Å². The number of benzene rings is 1. The summed E-state index contributed by atoms with van der Waals surface area (Å²) in [7, 11) is 0. The first-order valence-electron chi connectivity index (χ1n) is 5.68. The second-order valence-electron chi connectivity index (χ2n) is 4.19. The van der Waals surface area contributed by atoms with E-state index in [0.717, 1.165) is 28.8 Å². The molecule has 0 fully saturated rings. The summed E-state index contributed by atoms with van der Waals surface area (Å²) in [6.07, 6.45) is 0.672. The van der Waals surface area contributed by atoms with Crippen LogP contribution in [0.15, 0.2) is 29.4 Å². The van der Waals surface area contributed by atoms with E-state index >= 15 is 0 Å². The molecule has 1 aliphatic heterocycles. The number of anilines is 1. The number of carbonyl (C=O) groups is 1. The topological polar surface area (TPSA) is 59.8 Å². The zero-order valence-corrected chi connectivity index (χ0v) is 10.6. The van der Waals surface area contributed by atoms with Crippen molar-refractivity contribution in [1.29, 1.82) is 0 Å². The SMILES string of the molecule is CC1Cn2c(nnc2-c2cccc(NC=O)c2)S1. The van der Waals surface area contributed by atoms with Gasteiger partial charge in [0.15, 0.2) is 11.0 Å². The molecule has 2 aromatic rings. The average Bonchev–Trinajstić information content (AvgIpc) is 2.88. The summed E-state index contributed by atoms with van der Waals surface area (Å²) in [5.74, 6) is 0.858. The monoisotopic (exact) mass is 260 g/mol. The lowest BCUT2D eigenvalue weighted by Crippen LogP contribution is -2.03.